The third kappa shape index (κ3) is 4.65. The zero-order valence-corrected chi connectivity index (χ0v) is 19.7. The SMILES string of the molecule is CCC(C)(NC(=O)OCC1c2ccccc2-c2ccccc21)C(=O)NCC1CCCC1C(=O)O. The standard InChI is InChI=1S/C27H32N2O5/c1-3-27(2,25(32)28-15-17-9-8-14-18(17)24(30)31)29-26(33)34-16-23-21-12-6-4-10-19(21)20-11-5-7-13-22(20)23/h4-7,10-13,17-18,23H,3,8-9,14-16H2,1-2H3,(H,28,32)(H,29,33)(H,30,31). The maximum absolute atomic E-state index is 12.9. The van der Waals surface area contributed by atoms with Gasteiger partial charge in [0, 0.05) is 12.5 Å². The Balaban J connectivity index is 1.36. The van der Waals surface area contributed by atoms with Crippen LogP contribution in [0.2, 0.25) is 0 Å². The molecule has 2 aromatic rings. The number of carboxylic acids is 1. The molecular weight excluding hydrogens is 432 g/mol. The van der Waals surface area contributed by atoms with Crippen molar-refractivity contribution in [2.75, 3.05) is 13.2 Å². The van der Waals surface area contributed by atoms with Crippen LogP contribution >= 0.6 is 0 Å². The molecule has 2 aliphatic rings. The fourth-order valence-corrected chi connectivity index (χ4v) is 5.19. The molecule has 3 atom stereocenters. The van der Waals surface area contributed by atoms with E-state index in [0.29, 0.717) is 12.8 Å². The second-order valence-electron chi connectivity index (χ2n) is 9.48. The molecule has 7 nitrogen and oxygen atoms in total. The number of benzene rings is 2. The van der Waals surface area contributed by atoms with E-state index in [9.17, 15) is 19.5 Å². The Morgan fingerprint density at radius 3 is 2.24 bits per heavy atom. The van der Waals surface area contributed by atoms with Crippen LogP contribution in [0.4, 0.5) is 4.79 Å². The molecule has 0 aliphatic heterocycles. The second kappa shape index (κ2) is 9.87. The van der Waals surface area contributed by atoms with E-state index in [4.69, 9.17) is 4.74 Å². The first kappa shape index (κ1) is 23.8. The molecule has 3 N–H and O–H groups in total. The van der Waals surface area contributed by atoms with Gasteiger partial charge in [0.05, 0.1) is 5.92 Å². The van der Waals surface area contributed by atoms with Crippen molar-refractivity contribution in [2.24, 2.45) is 11.8 Å². The smallest absolute Gasteiger partial charge is 0.408 e. The van der Waals surface area contributed by atoms with Gasteiger partial charge < -0.3 is 20.5 Å². The molecule has 0 radical (unpaired) electrons. The maximum atomic E-state index is 12.9. The van der Waals surface area contributed by atoms with Gasteiger partial charge in [0.25, 0.3) is 0 Å². The lowest BCUT2D eigenvalue weighted by atomic mass is 9.94. The normalized spacial score (nSPS) is 20.6. The van der Waals surface area contributed by atoms with Gasteiger partial charge in [-0.05, 0) is 54.4 Å². The summed E-state index contributed by atoms with van der Waals surface area (Å²) in [5.74, 6) is -1.72. The Hall–Kier alpha value is -3.35. The van der Waals surface area contributed by atoms with Crippen LogP contribution < -0.4 is 10.6 Å². The number of hydrogen-bond donors (Lipinski definition) is 3. The molecule has 1 fully saturated rings. The summed E-state index contributed by atoms with van der Waals surface area (Å²) in [6, 6.07) is 16.2. The summed E-state index contributed by atoms with van der Waals surface area (Å²) >= 11 is 0. The van der Waals surface area contributed by atoms with Crippen LogP contribution in [0.15, 0.2) is 48.5 Å². The van der Waals surface area contributed by atoms with Gasteiger partial charge >= 0.3 is 12.1 Å². The Bertz CT molecular complexity index is 1040. The van der Waals surface area contributed by atoms with E-state index in [-0.39, 0.29) is 30.9 Å². The first-order valence-electron chi connectivity index (χ1n) is 12.0. The molecule has 0 bridgehead atoms. The summed E-state index contributed by atoms with van der Waals surface area (Å²) in [6.45, 7) is 3.94. The van der Waals surface area contributed by atoms with Gasteiger partial charge in [0.2, 0.25) is 5.91 Å². The Morgan fingerprint density at radius 1 is 1.03 bits per heavy atom. The highest BCUT2D eigenvalue weighted by Crippen LogP contribution is 2.44. The van der Waals surface area contributed by atoms with Crippen LogP contribution in [-0.4, -0.2) is 41.8 Å². The highest BCUT2D eigenvalue weighted by atomic mass is 16.5. The third-order valence-corrected chi connectivity index (χ3v) is 7.43. The van der Waals surface area contributed by atoms with Gasteiger partial charge in [-0.3, -0.25) is 9.59 Å². The Kier molecular flexibility index (Phi) is 6.91. The molecule has 34 heavy (non-hydrogen) atoms. The summed E-state index contributed by atoms with van der Waals surface area (Å²) in [7, 11) is 0. The molecule has 3 unspecified atom stereocenters. The number of ether oxygens (including phenoxy) is 1. The first-order chi connectivity index (χ1) is 16.3. The lowest BCUT2D eigenvalue weighted by Gasteiger charge is -2.29. The molecule has 2 amide bonds. The molecular formula is C27H32N2O5. The van der Waals surface area contributed by atoms with Crippen LogP contribution in [-0.2, 0) is 14.3 Å². The average molecular weight is 465 g/mol. The molecule has 2 aliphatic carbocycles. The minimum absolute atomic E-state index is 0.0600. The van der Waals surface area contributed by atoms with Gasteiger partial charge in [0.1, 0.15) is 12.1 Å². The number of nitrogens with one attached hydrogen (secondary N) is 2. The molecule has 1 saturated carbocycles. The number of aliphatic carboxylic acids is 1. The topological polar surface area (TPSA) is 105 Å². The quantitative estimate of drug-likeness (QED) is 0.540. The number of hydrogen-bond acceptors (Lipinski definition) is 4. The van der Waals surface area contributed by atoms with Crippen molar-refractivity contribution in [1.29, 1.82) is 0 Å². The van der Waals surface area contributed by atoms with Crippen LogP contribution in [0.3, 0.4) is 0 Å². The highest BCUT2D eigenvalue weighted by Gasteiger charge is 2.37. The molecule has 180 valence electrons. The van der Waals surface area contributed by atoms with Crippen molar-refractivity contribution in [3.63, 3.8) is 0 Å². The summed E-state index contributed by atoms with van der Waals surface area (Å²) < 4.78 is 5.61. The number of carbonyl (C=O) groups excluding carboxylic acids is 2. The minimum atomic E-state index is -1.15. The molecule has 0 saturated heterocycles. The maximum Gasteiger partial charge on any atom is 0.408 e. The molecule has 0 heterocycles. The summed E-state index contributed by atoms with van der Waals surface area (Å²) in [6.07, 6.45) is 1.99. The lowest BCUT2D eigenvalue weighted by molar-refractivity contribution is -0.143. The summed E-state index contributed by atoms with van der Waals surface area (Å²) in [5.41, 5.74) is 3.39. The zero-order valence-electron chi connectivity index (χ0n) is 19.7. The Labute approximate surface area is 199 Å². The third-order valence-electron chi connectivity index (χ3n) is 7.43. The summed E-state index contributed by atoms with van der Waals surface area (Å²) in [5, 5.41) is 15.0. The van der Waals surface area contributed by atoms with E-state index >= 15 is 0 Å². The van der Waals surface area contributed by atoms with Crippen LogP contribution in [0.1, 0.15) is 56.6 Å². The second-order valence-corrected chi connectivity index (χ2v) is 9.48. The Morgan fingerprint density at radius 2 is 1.65 bits per heavy atom. The van der Waals surface area contributed by atoms with Crippen molar-refractivity contribution in [2.45, 2.75) is 51.0 Å². The van der Waals surface area contributed by atoms with Gasteiger partial charge in [0.15, 0.2) is 0 Å². The minimum Gasteiger partial charge on any atom is -0.481 e. The predicted octanol–water partition coefficient (Wildman–Crippen LogP) is 4.31. The fraction of sp³-hybridized carbons (Fsp3) is 0.444. The van der Waals surface area contributed by atoms with Crippen LogP contribution in [0, 0.1) is 11.8 Å². The number of rotatable bonds is 8. The van der Waals surface area contributed by atoms with E-state index in [1.54, 1.807) is 6.92 Å². The van der Waals surface area contributed by atoms with Crippen LogP contribution in [0.5, 0.6) is 0 Å². The van der Waals surface area contributed by atoms with Gasteiger partial charge in [-0.25, -0.2) is 4.79 Å². The van der Waals surface area contributed by atoms with E-state index in [1.165, 1.54) is 0 Å². The average Bonchev–Trinajstić information content (AvgIpc) is 3.44. The lowest BCUT2D eigenvalue weighted by Crippen LogP contribution is -2.57. The highest BCUT2D eigenvalue weighted by molar-refractivity contribution is 5.89. The van der Waals surface area contributed by atoms with Crippen molar-refractivity contribution >= 4 is 18.0 Å². The van der Waals surface area contributed by atoms with Crippen LogP contribution in [0.25, 0.3) is 11.1 Å². The molecule has 4 rings (SSSR count). The van der Waals surface area contributed by atoms with Gasteiger partial charge in [-0.15, -0.1) is 0 Å². The van der Waals surface area contributed by atoms with E-state index in [2.05, 4.69) is 34.9 Å². The predicted molar refractivity (Wildman–Crippen MR) is 128 cm³/mol. The number of carbonyl (C=O) groups is 3. The van der Waals surface area contributed by atoms with Crippen molar-refractivity contribution in [1.82, 2.24) is 10.6 Å². The fourth-order valence-electron chi connectivity index (χ4n) is 5.19. The van der Waals surface area contributed by atoms with Gasteiger partial charge in [-0.2, -0.15) is 0 Å². The van der Waals surface area contributed by atoms with E-state index < -0.39 is 23.5 Å². The molecule has 0 aromatic heterocycles. The van der Waals surface area contributed by atoms with E-state index in [0.717, 1.165) is 35.1 Å². The van der Waals surface area contributed by atoms with Crippen molar-refractivity contribution in [3.05, 3.63) is 59.7 Å². The number of alkyl carbamates (subject to hydrolysis) is 1. The monoisotopic (exact) mass is 464 g/mol. The van der Waals surface area contributed by atoms with Crippen molar-refractivity contribution in [3.8, 4) is 11.1 Å². The first-order valence-corrected chi connectivity index (χ1v) is 12.0. The summed E-state index contributed by atoms with van der Waals surface area (Å²) in [4.78, 5) is 37.0. The molecule has 0 spiro atoms. The number of carboxylic acid groups (broad SMARTS) is 1. The largest absolute Gasteiger partial charge is 0.481 e. The van der Waals surface area contributed by atoms with E-state index in [1.807, 2.05) is 31.2 Å². The molecule has 2 aromatic carbocycles. The van der Waals surface area contributed by atoms with Gasteiger partial charge in [-0.1, -0.05) is 61.9 Å². The van der Waals surface area contributed by atoms with Crippen molar-refractivity contribution < 1.29 is 24.2 Å². The molecule has 7 heteroatoms. The zero-order chi connectivity index (χ0) is 24.3. The number of amides is 2. The number of fused-ring (bicyclic) bond motifs is 3.